The predicted octanol–water partition coefficient (Wildman–Crippen LogP) is 2.50. The largest absolute Gasteiger partial charge is 0.490 e. The Morgan fingerprint density at radius 3 is 2.88 bits per heavy atom. The molecule has 0 radical (unpaired) electrons. The van der Waals surface area contributed by atoms with E-state index in [4.69, 9.17) is 9.47 Å². The first kappa shape index (κ1) is 17.8. The molecule has 1 aromatic heterocycles. The summed E-state index contributed by atoms with van der Waals surface area (Å²) in [7, 11) is 1.92. The van der Waals surface area contributed by atoms with E-state index in [1.165, 1.54) is 0 Å². The highest BCUT2D eigenvalue weighted by molar-refractivity contribution is 5.66. The summed E-state index contributed by atoms with van der Waals surface area (Å²) >= 11 is 0. The molecule has 2 heterocycles. The summed E-state index contributed by atoms with van der Waals surface area (Å²) in [4.78, 5) is 0. The molecule has 0 aliphatic carbocycles. The molecule has 25 heavy (non-hydrogen) atoms. The molecule has 2 aromatic rings. The van der Waals surface area contributed by atoms with Crippen molar-refractivity contribution in [2.24, 2.45) is 7.05 Å². The van der Waals surface area contributed by atoms with Gasteiger partial charge in [-0.05, 0) is 24.6 Å². The molecule has 0 bridgehead atoms. The summed E-state index contributed by atoms with van der Waals surface area (Å²) in [5.41, 5.74) is 3.03. The fourth-order valence-corrected chi connectivity index (χ4v) is 3.03. The number of nitrogens with one attached hydrogen (secondary N) is 1. The minimum absolute atomic E-state index is 0.303. The third kappa shape index (κ3) is 4.52. The average Bonchev–Trinajstić information content (AvgIpc) is 2.81. The molecule has 136 valence electrons. The number of ether oxygens (including phenoxy) is 2. The Morgan fingerprint density at radius 2 is 2.08 bits per heavy atom. The molecule has 0 spiro atoms. The average molecular weight is 345 g/mol. The summed E-state index contributed by atoms with van der Waals surface area (Å²) in [5, 5.41) is 17.8. The molecule has 0 fully saturated rings. The summed E-state index contributed by atoms with van der Waals surface area (Å²) in [6.45, 7) is 4.68. The third-order valence-corrected chi connectivity index (χ3v) is 4.24. The number of aliphatic hydroxyl groups is 1. The normalized spacial score (nSPS) is 15.0. The number of hydrogen-bond acceptors (Lipinski definition) is 5. The Morgan fingerprint density at radius 1 is 1.28 bits per heavy atom. The van der Waals surface area contributed by atoms with Crippen LogP contribution in [0.1, 0.15) is 31.7 Å². The van der Waals surface area contributed by atoms with Crippen molar-refractivity contribution in [3.63, 3.8) is 0 Å². The van der Waals surface area contributed by atoms with Crippen molar-refractivity contribution in [1.29, 1.82) is 0 Å². The van der Waals surface area contributed by atoms with E-state index in [0.717, 1.165) is 47.6 Å². The maximum absolute atomic E-state index is 9.86. The number of aryl methyl sites for hydroxylation is 1. The Kier molecular flexibility index (Phi) is 5.94. The molecular formula is C19H27N3O3. The lowest BCUT2D eigenvalue weighted by Crippen LogP contribution is -2.26. The molecule has 0 saturated heterocycles. The van der Waals surface area contributed by atoms with Crippen molar-refractivity contribution in [1.82, 2.24) is 15.1 Å². The van der Waals surface area contributed by atoms with E-state index in [2.05, 4.69) is 17.3 Å². The maximum atomic E-state index is 9.86. The second kappa shape index (κ2) is 8.36. The highest BCUT2D eigenvalue weighted by atomic mass is 16.5. The maximum Gasteiger partial charge on any atom is 0.161 e. The standard InChI is InChI=1S/C19H27N3O3/c1-3-5-16(23)12-20-11-15-13-22(2)21-19(15)14-6-7-17-18(10-14)25-9-4-8-24-17/h6-7,10,13,16,20,23H,3-5,8-9,11-12H2,1-2H3. The Balaban J connectivity index is 1.75. The van der Waals surface area contributed by atoms with Gasteiger partial charge in [-0.25, -0.2) is 0 Å². The van der Waals surface area contributed by atoms with Gasteiger partial charge in [-0.3, -0.25) is 4.68 Å². The molecule has 6 heteroatoms. The number of hydrogen-bond donors (Lipinski definition) is 2. The van der Waals surface area contributed by atoms with Crippen LogP contribution >= 0.6 is 0 Å². The van der Waals surface area contributed by atoms with Gasteiger partial charge in [0.15, 0.2) is 11.5 Å². The van der Waals surface area contributed by atoms with Gasteiger partial charge in [-0.2, -0.15) is 5.10 Å². The van der Waals surface area contributed by atoms with Crippen molar-refractivity contribution >= 4 is 0 Å². The van der Waals surface area contributed by atoms with Crippen molar-refractivity contribution in [3.8, 4) is 22.8 Å². The van der Waals surface area contributed by atoms with Crippen LogP contribution in [-0.2, 0) is 13.6 Å². The zero-order valence-electron chi connectivity index (χ0n) is 15.0. The first-order valence-electron chi connectivity index (χ1n) is 8.98. The SMILES string of the molecule is CCCC(O)CNCc1cn(C)nc1-c1ccc2c(c1)OCCCO2. The van der Waals surface area contributed by atoms with E-state index in [-0.39, 0.29) is 6.10 Å². The lowest BCUT2D eigenvalue weighted by atomic mass is 10.1. The molecule has 0 saturated carbocycles. The number of aromatic nitrogens is 2. The lowest BCUT2D eigenvalue weighted by molar-refractivity contribution is 0.160. The van der Waals surface area contributed by atoms with Gasteiger partial charge in [-0.1, -0.05) is 13.3 Å². The molecule has 1 atom stereocenters. The smallest absolute Gasteiger partial charge is 0.161 e. The Hall–Kier alpha value is -2.05. The fourth-order valence-electron chi connectivity index (χ4n) is 3.03. The summed E-state index contributed by atoms with van der Waals surface area (Å²) in [6, 6.07) is 5.97. The van der Waals surface area contributed by atoms with E-state index in [9.17, 15) is 5.11 Å². The van der Waals surface area contributed by atoms with E-state index in [0.29, 0.717) is 26.3 Å². The first-order valence-corrected chi connectivity index (χ1v) is 8.98. The van der Waals surface area contributed by atoms with Crippen LogP contribution in [0.25, 0.3) is 11.3 Å². The van der Waals surface area contributed by atoms with E-state index in [1.807, 2.05) is 36.1 Å². The monoisotopic (exact) mass is 345 g/mol. The third-order valence-electron chi connectivity index (χ3n) is 4.24. The van der Waals surface area contributed by atoms with Crippen LogP contribution in [0.15, 0.2) is 24.4 Å². The Bertz CT molecular complexity index is 699. The molecule has 1 aliphatic heterocycles. The highest BCUT2D eigenvalue weighted by Gasteiger charge is 2.15. The van der Waals surface area contributed by atoms with Gasteiger partial charge < -0.3 is 19.9 Å². The number of nitrogens with zero attached hydrogens (tertiary/aromatic N) is 2. The van der Waals surface area contributed by atoms with Crippen molar-refractivity contribution < 1.29 is 14.6 Å². The van der Waals surface area contributed by atoms with Gasteiger partial charge in [0.1, 0.15) is 0 Å². The van der Waals surface area contributed by atoms with E-state index in [1.54, 1.807) is 0 Å². The molecular weight excluding hydrogens is 318 g/mol. The van der Waals surface area contributed by atoms with Crippen LogP contribution < -0.4 is 14.8 Å². The number of rotatable bonds is 7. The zero-order chi connectivity index (χ0) is 17.6. The zero-order valence-corrected chi connectivity index (χ0v) is 15.0. The van der Waals surface area contributed by atoms with Gasteiger partial charge in [0.05, 0.1) is 25.0 Å². The highest BCUT2D eigenvalue weighted by Crippen LogP contribution is 2.34. The van der Waals surface area contributed by atoms with Gasteiger partial charge in [0, 0.05) is 43.9 Å². The Labute approximate surface area is 148 Å². The van der Waals surface area contributed by atoms with E-state index < -0.39 is 0 Å². The second-order valence-corrected chi connectivity index (χ2v) is 6.46. The summed E-state index contributed by atoms with van der Waals surface area (Å²) < 4.78 is 13.3. The minimum Gasteiger partial charge on any atom is -0.490 e. The van der Waals surface area contributed by atoms with Crippen molar-refractivity contribution in [3.05, 3.63) is 30.0 Å². The van der Waals surface area contributed by atoms with Crippen molar-refractivity contribution in [2.45, 2.75) is 38.8 Å². The van der Waals surface area contributed by atoms with Gasteiger partial charge in [0.2, 0.25) is 0 Å². The van der Waals surface area contributed by atoms with Crippen LogP contribution in [-0.4, -0.2) is 40.7 Å². The first-order chi connectivity index (χ1) is 12.2. The number of aliphatic hydroxyl groups excluding tert-OH is 1. The molecule has 1 unspecified atom stereocenters. The minimum atomic E-state index is -0.303. The quantitative estimate of drug-likeness (QED) is 0.807. The fraction of sp³-hybridized carbons (Fsp3) is 0.526. The molecule has 0 amide bonds. The summed E-state index contributed by atoms with van der Waals surface area (Å²) in [6.07, 6.45) is 4.40. The van der Waals surface area contributed by atoms with Gasteiger partial charge >= 0.3 is 0 Å². The molecule has 3 rings (SSSR count). The predicted molar refractivity (Wildman–Crippen MR) is 96.9 cm³/mol. The number of fused-ring (bicyclic) bond motifs is 1. The van der Waals surface area contributed by atoms with Crippen molar-refractivity contribution in [2.75, 3.05) is 19.8 Å². The topological polar surface area (TPSA) is 68.5 Å². The van der Waals surface area contributed by atoms with Crippen LogP contribution in [0.2, 0.25) is 0 Å². The van der Waals surface area contributed by atoms with Gasteiger partial charge in [-0.15, -0.1) is 0 Å². The summed E-state index contributed by atoms with van der Waals surface area (Å²) in [5.74, 6) is 1.57. The van der Waals surface area contributed by atoms with Crippen LogP contribution in [0, 0.1) is 0 Å². The molecule has 1 aliphatic rings. The second-order valence-electron chi connectivity index (χ2n) is 6.46. The lowest BCUT2D eigenvalue weighted by Gasteiger charge is -2.11. The van der Waals surface area contributed by atoms with Gasteiger partial charge in [0.25, 0.3) is 0 Å². The van der Waals surface area contributed by atoms with E-state index >= 15 is 0 Å². The molecule has 1 aromatic carbocycles. The molecule has 2 N–H and O–H groups in total. The van der Waals surface area contributed by atoms with Crippen LogP contribution in [0.4, 0.5) is 0 Å². The molecule has 6 nitrogen and oxygen atoms in total. The number of benzene rings is 1. The van der Waals surface area contributed by atoms with Crippen LogP contribution in [0.5, 0.6) is 11.5 Å². The van der Waals surface area contributed by atoms with Crippen LogP contribution in [0.3, 0.4) is 0 Å².